The molecule has 0 saturated carbocycles. The topological polar surface area (TPSA) is 56.3 Å². The molecule has 0 amide bonds. The van der Waals surface area contributed by atoms with E-state index in [9.17, 15) is 9.90 Å². The van der Waals surface area contributed by atoms with E-state index in [0.29, 0.717) is 18.2 Å². The molecule has 0 bridgehead atoms. The molecule has 16 heavy (non-hydrogen) atoms. The summed E-state index contributed by atoms with van der Waals surface area (Å²) >= 11 is 0. The third-order valence-electron chi connectivity index (χ3n) is 3.43. The summed E-state index contributed by atoms with van der Waals surface area (Å²) in [5.41, 5.74) is 0.649. The van der Waals surface area contributed by atoms with E-state index in [1.54, 1.807) is 12.3 Å². The second kappa shape index (κ2) is 4.80. The van der Waals surface area contributed by atoms with Crippen LogP contribution >= 0.6 is 0 Å². The Morgan fingerprint density at radius 1 is 1.69 bits per heavy atom. The number of carbonyl (C=O) groups excluding carboxylic acids is 1. The van der Waals surface area contributed by atoms with Gasteiger partial charge in [0.1, 0.15) is 0 Å². The number of H-pyrrole nitrogens is 1. The fourth-order valence-corrected chi connectivity index (χ4v) is 2.35. The number of hydrogen-bond acceptors (Lipinski definition) is 3. The van der Waals surface area contributed by atoms with Gasteiger partial charge in [0, 0.05) is 12.2 Å². The van der Waals surface area contributed by atoms with Gasteiger partial charge in [0.15, 0.2) is 5.78 Å². The minimum absolute atomic E-state index is 0.0950. The Morgan fingerprint density at radius 3 is 3.12 bits per heavy atom. The van der Waals surface area contributed by atoms with Gasteiger partial charge in [-0.3, -0.25) is 9.69 Å². The highest BCUT2D eigenvalue weighted by Crippen LogP contribution is 2.23. The maximum Gasteiger partial charge on any atom is 0.192 e. The lowest BCUT2D eigenvalue weighted by Gasteiger charge is -2.23. The number of nitrogens with one attached hydrogen (secondary N) is 1. The monoisotopic (exact) mass is 222 g/mol. The molecule has 1 saturated heterocycles. The Morgan fingerprint density at radius 2 is 2.50 bits per heavy atom. The molecule has 4 nitrogen and oxygen atoms in total. The summed E-state index contributed by atoms with van der Waals surface area (Å²) in [7, 11) is 0. The van der Waals surface area contributed by atoms with Gasteiger partial charge in [-0.25, -0.2) is 0 Å². The number of ketones is 1. The minimum atomic E-state index is 0.0950. The Bertz CT molecular complexity index is 348. The number of Topliss-reactive ketones (excluding diaryl/α,β-unsaturated/α-hetero) is 1. The zero-order chi connectivity index (χ0) is 11.5. The van der Waals surface area contributed by atoms with E-state index in [1.165, 1.54) is 0 Å². The van der Waals surface area contributed by atoms with Crippen molar-refractivity contribution < 1.29 is 9.90 Å². The van der Waals surface area contributed by atoms with E-state index in [4.69, 9.17) is 0 Å². The average molecular weight is 222 g/mol. The van der Waals surface area contributed by atoms with Crippen LogP contribution in [0.5, 0.6) is 0 Å². The van der Waals surface area contributed by atoms with Gasteiger partial charge in [0.25, 0.3) is 0 Å². The molecule has 0 radical (unpaired) electrons. The molecule has 88 valence electrons. The van der Waals surface area contributed by atoms with Crippen molar-refractivity contribution in [3.8, 4) is 0 Å². The van der Waals surface area contributed by atoms with E-state index in [2.05, 4.69) is 16.8 Å². The van der Waals surface area contributed by atoms with Crippen LogP contribution < -0.4 is 0 Å². The Balaban J connectivity index is 1.97. The summed E-state index contributed by atoms with van der Waals surface area (Å²) in [5, 5.41) is 9.29. The van der Waals surface area contributed by atoms with Crippen LogP contribution in [0.15, 0.2) is 18.3 Å². The van der Waals surface area contributed by atoms with Gasteiger partial charge in [-0.15, -0.1) is 0 Å². The molecular formula is C12H18N2O2. The summed E-state index contributed by atoms with van der Waals surface area (Å²) in [6.45, 7) is 3.56. The van der Waals surface area contributed by atoms with Gasteiger partial charge in [0.2, 0.25) is 0 Å². The van der Waals surface area contributed by atoms with Gasteiger partial charge in [-0.1, -0.05) is 6.92 Å². The average Bonchev–Trinajstić information content (AvgIpc) is 2.88. The van der Waals surface area contributed by atoms with E-state index >= 15 is 0 Å². The van der Waals surface area contributed by atoms with Crippen molar-refractivity contribution in [2.45, 2.75) is 19.4 Å². The molecule has 0 aromatic carbocycles. The van der Waals surface area contributed by atoms with Crippen LogP contribution in [0.25, 0.3) is 0 Å². The van der Waals surface area contributed by atoms with Crippen LogP contribution in [-0.4, -0.2) is 46.5 Å². The lowest BCUT2D eigenvalue weighted by atomic mass is 10.0. The number of aliphatic hydroxyl groups is 1. The van der Waals surface area contributed by atoms with Crippen LogP contribution in [0.4, 0.5) is 0 Å². The molecule has 1 aromatic rings. The molecule has 2 atom stereocenters. The SMILES string of the molecule is CC1CCN(CC(=O)c2ccc[nH]2)C1CO. The van der Waals surface area contributed by atoms with Crippen LogP contribution in [0.3, 0.4) is 0 Å². The van der Waals surface area contributed by atoms with Gasteiger partial charge in [0.05, 0.1) is 18.8 Å². The molecule has 1 fully saturated rings. The molecule has 4 heteroatoms. The lowest BCUT2D eigenvalue weighted by Crippen LogP contribution is -2.38. The van der Waals surface area contributed by atoms with E-state index in [0.717, 1.165) is 13.0 Å². The first-order chi connectivity index (χ1) is 7.72. The highest BCUT2D eigenvalue weighted by atomic mass is 16.3. The van der Waals surface area contributed by atoms with Gasteiger partial charge in [-0.2, -0.15) is 0 Å². The van der Waals surface area contributed by atoms with E-state index < -0.39 is 0 Å². The summed E-state index contributed by atoms with van der Waals surface area (Å²) in [5.74, 6) is 0.569. The van der Waals surface area contributed by atoms with Crippen molar-refractivity contribution in [1.82, 2.24) is 9.88 Å². The number of likely N-dealkylation sites (tertiary alicyclic amines) is 1. The predicted octanol–water partition coefficient (Wildman–Crippen LogP) is 0.900. The predicted molar refractivity (Wildman–Crippen MR) is 61.4 cm³/mol. The molecule has 1 aliphatic heterocycles. The van der Waals surface area contributed by atoms with Crippen molar-refractivity contribution in [2.24, 2.45) is 5.92 Å². The quantitative estimate of drug-likeness (QED) is 0.744. The number of aliphatic hydroxyl groups excluding tert-OH is 1. The number of aromatic amines is 1. The smallest absolute Gasteiger partial charge is 0.192 e. The third-order valence-corrected chi connectivity index (χ3v) is 3.43. The normalized spacial score (nSPS) is 26.1. The fraction of sp³-hybridized carbons (Fsp3) is 0.583. The van der Waals surface area contributed by atoms with Crippen LogP contribution in [0.1, 0.15) is 23.8 Å². The first-order valence-corrected chi connectivity index (χ1v) is 5.74. The highest BCUT2D eigenvalue weighted by molar-refractivity contribution is 5.95. The third kappa shape index (κ3) is 2.18. The van der Waals surface area contributed by atoms with Gasteiger partial charge in [-0.05, 0) is 31.0 Å². The molecule has 1 aliphatic rings. The Kier molecular flexibility index (Phi) is 3.41. The van der Waals surface area contributed by atoms with E-state index in [1.807, 2.05) is 6.07 Å². The second-order valence-corrected chi connectivity index (χ2v) is 4.49. The standard InChI is InChI=1S/C12H18N2O2/c1-9-4-6-14(11(9)8-15)7-12(16)10-3-2-5-13-10/h2-3,5,9,11,13,15H,4,6-8H2,1H3. The zero-order valence-corrected chi connectivity index (χ0v) is 9.52. The van der Waals surface area contributed by atoms with Gasteiger partial charge < -0.3 is 10.1 Å². The molecule has 2 N–H and O–H groups in total. The first-order valence-electron chi connectivity index (χ1n) is 5.74. The fourth-order valence-electron chi connectivity index (χ4n) is 2.35. The summed E-state index contributed by atoms with van der Waals surface area (Å²) in [4.78, 5) is 16.9. The zero-order valence-electron chi connectivity index (χ0n) is 9.52. The van der Waals surface area contributed by atoms with Crippen molar-refractivity contribution in [1.29, 1.82) is 0 Å². The molecule has 1 aromatic heterocycles. The second-order valence-electron chi connectivity index (χ2n) is 4.49. The summed E-state index contributed by atoms with van der Waals surface area (Å²) in [6.07, 6.45) is 2.81. The highest BCUT2D eigenvalue weighted by Gasteiger charge is 2.31. The summed E-state index contributed by atoms with van der Waals surface area (Å²) in [6, 6.07) is 3.75. The number of carbonyl (C=O) groups is 1. The maximum absolute atomic E-state index is 11.9. The molecule has 2 rings (SSSR count). The van der Waals surface area contributed by atoms with Crippen molar-refractivity contribution >= 4 is 5.78 Å². The molecule has 0 spiro atoms. The lowest BCUT2D eigenvalue weighted by molar-refractivity contribution is 0.0862. The van der Waals surface area contributed by atoms with E-state index in [-0.39, 0.29) is 18.4 Å². The van der Waals surface area contributed by atoms with Crippen molar-refractivity contribution in [3.05, 3.63) is 24.0 Å². The maximum atomic E-state index is 11.9. The molecule has 2 heterocycles. The Labute approximate surface area is 95.3 Å². The molecule has 0 aliphatic carbocycles. The molecular weight excluding hydrogens is 204 g/mol. The number of rotatable bonds is 4. The number of hydrogen-bond donors (Lipinski definition) is 2. The van der Waals surface area contributed by atoms with Crippen molar-refractivity contribution in [2.75, 3.05) is 19.7 Å². The summed E-state index contributed by atoms with van der Waals surface area (Å²) < 4.78 is 0. The number of aromatic nitrogens is 1. The number of nitrogens with zero attached hydrogens (tertiary/aromatic N) is 1. The molecule has 2 unspecified atom stereocenters. The van der Waals surface area contributed by atoms with Crippen LogP contribution in [-0.2, 0) is 0 Å². The first kappa shape index (κ1) is 11.4. The Hall–Kier alpha value is -1.13. The van der Waals surface area contributed by atoms with Gasteiger partial charge >= 0.3 is 0 Å². The largest absolute Gasteiger partial charge is 0.395 e. The van der Waals surface area contributed by atoms with Crippen molar-refractivity contribution in [3.63, 3.8) is 0 Å². The minimum Gasteiger partial charge on any atom is -0.395 e. The van der Waals surface area contributed by atoms with Crippen LogP contribution in [0, 0.1) is 5.92 Å². The van der Waals surface area contributed by atoms with Crippen LogP contribution in [0.2, 0.25) is 0 Å².